The molecule has 1 heterocycles. The minimum atomic E-state index is -3.64. The van der Waals surface area contributed by atoms with Gasteiger partial charge in [0.1, 0.15) is 4.90 Å². The van der Waals surface area contributed by atoms with Crippen LogP contribution in [0.4, 0.5) is 5.69 Å². The lowest BCUT2D eigenvalue weighted by atomic mass is 10.2. The summed E-state index contributed by atoms with van der Waals surface area (Å²) in [5.74, 6) is 0. The third kappa shape index (κ3) is 2.82. The molecule has 114 valence electrons. The van der Waals surface area contributed by atoms with Gasteiger partial charge in [0.25, 0.3) is 10.0 Å². The van der Waals surface area contributed by atoms with E-state index in [-0.39, 0.29) is 11.5 Å². The zero-order chi connectivity index (χ0) is 15.6. The maximum absolute atomic E-state index is 12.8. The van der Waals surface area contributed by atoms with Crippen molar-refractivity contribution in [1.82, 2.24) is 4.57 Å². The van der Waals surface area contributed by atoms with Crippen LogP contribution in [0.15, 0.2) is 41.4 Å². The van der Waals surface area contributed by atoms with Crippen molar-refractivity contribution in [2.24, 2.45) is 7.05 Å². The Morgan fingerprint density at radius 3 is 2.48 bits per heavy atom. The van der Waals surface area contributed by atoms with Crippen molar-refractivity contribution in [2.75, 3.05) is 10.8 Å². The van der Waals surface area contributed by atoms with Gasteiger partial charge in [-0.3, -0.25) is 4.31 Å². The molecule has 1 N–H and O–H groups in total. The average Bonchev–Trinajstić information content (AvgIpc) is 2.83. The van der Waals surface area contributed by atoms with E-state index >= 15 is 0 Å². The van der Waals surface area contributed by atoms with Crippen LogP contribution in [-0.2, 0) is 23.7 Å². The minimum absolute atomic E-state index is 0.192. The lowest BCUT2D eigenvalue weighted by Gasteiger charge is -2.23. The van der Waals surface area contributed by atoms with Gasteiger partial charge in [0, 0.05) is 25.5 Å². The summed E-state index contributed by atoms with van der Waals surface area (Å²) in [4.78, 5) is 0.194. The molecule has 0 aliphatic heterocycles. The van der Waals surface area contributed by atoms with E-state index in [0.717, 1.165) is 5.56 Å². The molecule has 0 fully saturated rings. The van der Waals surface area contributed by atoms with Gasteiger partial charge in [-0.25, -0.2) is 8.42 Å². The van der Waals surface area contributed by atoms with Crippen LogP contribution in [0.25, 0.3) is 0 Å². The molecule has 0 bridgehead atoms. The maximum atomic E-state index is 12.8. The Labute approximate surface area is 125 Å². The number of anilines is 1. The molecule has 6 heteroatoms. The lowest BCUT2D eigenvalue weighted by Crippen LogP contribution is -2.31. The summed E-state index contributed by atoms with van der Waals surface area (Å²) in [6.45, 7) is 3.84. The number of sulfonamides is 1. The molecule has 0 saturated carbocycles. The summed E-state index contributed by atoms with van der Waals surface area (Å²) in [6, 6.07) is 8.90. The maximum Gasteiger partial charge on any atom is 0.265 e. The Bertz CT molecular complexity index is 735. The number of aromatic nitrogens is 1. The fourth-order valence-electron chi connectivity index (χ4n) is 2.32. The highest BCUT2D eigenvalue weighted by molar-refractivity contribution is 7.92. The summed E-state index contributed by atoms with van der Waals surface area (Å²) in [5, 5.41) is 9.23. The molecule has 0 amide bonds. The van der Waals surface area contributed by atoms with Gasteiger partial charge in [-0.15, -0.1) is 0 Å². The third-order valence-corrected chi connectivity index (χ3v) is 5.36. The fraction of sp³-hybridized carbons (Fsp3) is 0.333. The zero-order valence-corrected chi connectivity index (χ0v) is 13.3. The monoisotopic (exact) mass is 308 g/mol. The topological polar surface area (TPSA) is 62.5 Å². The quantitative estimate of drug-likeness (QED) is 0.919. The predicted octanol–water partition coefficient (Wildman–Crippen LogP) is 2.04. The first kappa shape index (κ1) is 15.6. The van der Waals surface area contributed by atoms with Gasteiger partial charge in [0.05, 0.1) is 12.3 Å². The molecule has 1 aromatic heterocycles. The molecule has 21 heavy (non-hydrogen) atoms. The highest BCUT2D eigenvalue weighted by Gasteiger charge is 2.26. The van der Waals surface area contributed by atoms with Gasteiger partial charge in [-0.05, 0) is 31.5 Å². The van der Waals surface area contributed by atoms with E-state index in [2.05, 4.69) is 0 Å². The molecule has 2 aromatic rings. The Morgan fingerprint density at radius 2 is 1.95 bits per heavy atom. The van der Waals surface area contributed by atoms with Crippen molar-refractivity contribution in [3.63, 3.8) is 0 Å². The van der Waals surface area contributed by atoms with Gasteiger partial charge >= 0.3 is 0 Å². The van der Waals surface area contributed by atoms with Crippen LogP contribution in [-0.4, -0.2) is 24.6 Å². The molecule has 0 unspecified atom stereocenters. The van der Waals surface area contributed by atoms with Crippen LogP contribution in [0, 0.1) is 6.92 Å². The predicted molar refractivity (Wildman–Crippen MR) is 82.7 cm³/mol. The van der Waals surface area contributed by atoms with Crippen molar-refractivity contribution in [3.05, 3.63) is 47.8 Å². The van der Waals surface area contributed by atoms with Gasteiger partial charge in [-0.1, -0.05) is 18.2 Å². The van der Waals surface area contributed by atoms with E-state index in [1.807, 2.05) is 25.1 Å². The number of aliphatic hydroxyl groups excluding tert-OH is 1. The summed E-state index contributed by atoms with van der Waals surface area (Å²) in [7, 11) is -1.92. The van der Waals surface area contributed by atoms with Crippen LogP contribution in [0.5, 0.6) is 0 Å². The number of rotatable bonds is 5. The lowest BCUT2D eigenvalue weighted by molar-refractivity contribution is 0.272. The minimum Gasteiger partial charge on any atom is -0.390 e. The zero-order valence-electron chi connectivity index (χ0n) is 12.4. The smallest absolute Gasteiger partial charge is 0.265 e. The van der Waals surface area contributed by atoms with Gasteiger partial charge in [-0.2, -0.15) is 0 Å². The van der Waals surface area contributed by atoms with Crippen LogP contribution in [0.1, 0.15) is 18.2 Å². The molecule has 0 radical (unpaired) electrons. The van der Waals surface area contributed by atoms with E-state index in [9.17, 15) is 13.5 Å². The summed E-state index contributed by atoms with van der Waals surface area (Å²) >= 11 is 0. The Hall–Kier alpha value is -1.79. The Morgan fingerprint density at radius 1 is 1.29 bits per heavy atom. The van der Waals surface area contributed by atoms with Crippen molar-refractivity contribution in [3.8, 4) is 0 Å². The Kier molecular flexibility index (Phi) is 4.39. The van der Waals surface area contributed by atoms with Crippen LogP contribution >= 0.6 is 0 Å². The van der Waals surface area contributed by atoms with E-state index < -0.39 is 10.0 Å². The number of hydrogen-bond acceptors (Lipinski definition) is 3. The standard InChI is InChI=1S/C15H20N2O3S/c1-4-17(15-8-6-5-7-12(15)2)21(19,20)14-9-13(11-18)16(3)10-14/h5-10,18H,4,11H2,1-3H3. The summed E-state index contributed by atoms with van der Waals surface area (Å²) in [5.41, 5.74) is 2.14. The van der Waals surface area contributed by atoms with Crippen molar-refractivity contribution in [2.45, 2.75) is 25.3 Å². The molecule has 2 rings (SSSR count). The van der Waals surface area contributed by atoms with E-state index in [4.69, 9.17) is 0 Å². The SMILES string of the molecule is CCN(c1ccccc1C)S(=O)(=O)c1cc(CO)n(C)c1. The molecular weight excluding hydrogens is 288 g/mol. The number of para-hydroxylation sites is 1. The third-order valence-electron chi connectivity index (χ3n) is 3.50. The van der Waals surface area contributed by atoms with Crippen LogP contribution < -0.4 is 4.31 Å². The molecule has 1 aromatic carbocycles. The number of hydrogen-bond donors (Lipinski definition) is 1. The molecule has 0 atom stereocenters. The van der Waals surface area contributed by atoms with E-state index in [1.165, 1.54) is 16.6 Å². The summed E-state index contributed by atoms with van der Waals surface area (Å²) in [6.07, 6.45) is 1.53. The van der Waals surface area contributed by atoms with Gasteiger partial charge < -0.3 is 9.67 Å². The molecule has 5 nitrogen and oxygen atoms in total. The largest absolute Gasteiger partial charge is 0.390 e. The van der Waals surface area contributed by atoms with Crippen LogP contribution in [0.3, 0.4) is 0 Å². The normalized spacial score (nSPS) is 11.6. The molecule has 0 saturated heterocycles. The first-order chi connectivity index (χ1) is 9.91. The summed E-state index contributed by atoms with van der Waals surface area (Å²) < 4.78 is 28.7. The van der Waals surface area contributed by atoms with Gasteiger partial charge in [0.15, 0.2) is 0 Å². The number of benzene rings is 1. The number of aliphatic hydroxyl groups is 1. The molecule has 0 spiro atoms. The van der Waals surface area contributed by atoms with Crippen molar-refractivity contribution >= 4 is 15.7 Å². The second kappa shape index (κ2) is 5.91. The second-order valence-electron chi connectivity index (χ2n) is 4.89. The highest BCUT2D eigenvalue weighted by atomic mass is 32.2. The van der Waals surface area contributed by atoms with Gasteiger partial charge in [0.2, 0.25) is 0 Å². The van der Waals surface area contributed by atoms with Crippen molar-refractivity contribution < 1.29 is 13.5 Å². The second-order valence-corrected chi connectivity index (χ2v) is 6.75. The first-order valence-electron chi connectivity index (χ1n) is 6.76. The fourth-order valence-corrected chi connectivity index (χ4v) is 3.95. The molecule has 0 aliphatic rings. The van der Waals surface area contributed by atoms with E-state index in [1.54, 1.807) is 24.6 Å². The first-order valence-corrected chi connectivity index (χ1v) is 8.20. The van der Waals surface area contributed by atoms with Crippen LogP contribution in [0.2, 0.25) is 0 Å². The average molecular weight is 308 g/mol. The Balaban J connectivity index is 2.52. The number of nitrogens with zero attached hydrogens (tertiary/aromatic N) is 2. The highest BCUT2D eigenvalue weighted by Crippen LogP contribution is 2.27. The molecule has 0 aliphatic carbocycles. The number of aryl methyl sites for hydroxylation is 2. The van der Waals surface area contributed by atoms with Crippen molar-refractivity contribution in [1.29, 1.82) is 0 Å². The molecular formula is C15H20N2O3S. The van der Waals surface area contributed by atoms with E-state index in [0.29, 0.717) is 17.9 Å².